The molecule has 2 nitrogen and oxygen atoms in total. The summed E-state index contributed by atoms with van der Waals surface area (Å²) in [6.07, 6.45) is 3.23. The van der Waals surface area contributed by atoms with Gasteiger partial charge < -0.3 is 5.11 Å². The zero-order chi connectivity index (χ0) is 13.1. The van der Waals surface area contributed by atoms with Crippen molar-refractivity contribution in [3.63, 3.8) is 0 Å². The van der Waals surface area contributed by atoms with E-state index in [1.165, 1.54) is 12.1 Å². The second kappa shape index (κ2) is 6.08. The first-order valence-electron chi connectivity index (χ1n) is 6.10. The van der Waals surface area contributed by atoms with Crippen LogP contribution in [0.1, 0.15) is 24.8 Å². The largest absolute Gasteiger partial charge is 0.395 e. The fourth-order valence-corrected chi connectivity index (χ4v) is 2.56. The molecule has 0 atom stereocenters. The van der Waals surface area contributed by atoms with Gasteiger partial charge in [-0.15, -0.1) is 0 Å². The molecule has 0 saturated heterocycles. The predicted molar refractivity (Wildman–Crippen MR) is 69.2 cm³/mol. The maximum Gasteiger partial charge on any atom is 0.144 e. The molecule has 0 aromatic heterocycles. The van der Waals surface area contributed by atoms with Crippen molar-refractivity contribution in [3.05, 3.63) is 33.8 Å². The van der Waals surface area contributed by atoms with E-state index in [2.05, 4.69) is 15.9 Å². The number of aliphatic hydroxyl groups excluding tert-OH is 1. The molecule has 0 radical (unpaired) electrons. The van der Waals surface area contributed by atoms with Gasteiger partial charge in [-0.25, -0.2) is 8.78 Å². The van der Waals surface area contributed by atoms with Gasteiger partial charge in [-0.3, -0.25) is 4.90 Å². The monoisotopic (exact) mass is 319 g/mol. The Labute approximate surface area is 114 Å². The molecule has 0 aliphatic heterocycles. The molecule has 1 aromatic rings. The van der Waals surface area contributed by atoms with E-state index >= 15 is 0 Å². The van der Waals surface area contributed by atoms with Crippen molar-refractivity contribution in [1.82, 2.24) is 4.90 Å². The van der Waals surface area contributed by atoms with Gasteiger partial charge in [0.2, 0.25) is 0 Å². The van der Waals surface area contributed by atoms with Crippen LogP contribution in [0.4, 0.5) is 8.78 Å². The Morgan fingerprint density at radius 1 is 1.33 bits per heavy atom. The van der Waals surface area contributed by atoms with Gasteiger partial charge in [0.1, 0.15) is 11.6 Å². The fraction of sp³-hybridized carbons (Fsp3) is 0.538. The average Bonchev–Trinajstić information content (AvgIpc) is 2.27. The Morgan fingerprint density at radius 3 is 2.61 bits per heavy atom. The number of benzene rings is 1. The maximum absolute atomic E-state index is 13.9. The van der Waals surface area contributed by atoms with Crippen LogP contribution in [0.25, 0.3) is 0 Å². The van der Waals surface area contributed by atoms with Crippen LogP contribution in [0.3, 0.4) is 0 Å². The Hall–Kier alpha value is -0.520. The third-order valence-electron chi connectivity index (χ3n) is 3.48. The van der Waals surface area contributed by atoms with Crippen molar-refractivity contribution in [2.45, 2.75) is 31.8 Å². The lowest BCUT2D eigenvalue weighted by atomic mass is 9.91. The zero-order valence-corrected chi connectivity index (χ0v) is 11.6. The molecule has 0 heterocycles. The summed E-state index contributed by atoms with van der Waals surface area (Å²) in [5, 5.41) is 9.04. The predicted octanol–water partition coefficient (Wildman–Crippen LogP) is 3.07. The summed E-state index contributed by atoms with van der Waals surface area (Å²) in [5.41, 5.74) is 0.0738. The highest BCUT2D eigenvalue weighted by atomic mass is 79.9. The van der Waals surface area contributed by atoms with Crippen LogP contribution in [0.5, 0.6) is 0 Å². The van der Waals surface area contributed by atoms with Gasteiger partial charge in [0.25, 0.3) is 0 Å². The average molecular weight is 320 g/mol. The minimum Gasteiger partial charge on any atom is -0.395 e. The molecule has 2 rings (SSSR count). The molecule has 1 fully saturated rings. The topological polar surface area (TPSA) is 23.5 Å². The summed E-state index contributed by atoms with van der Waals surface area (Å²) in [5.74, 6) is -1.07. The van der Waals surface area contributed by atoms with E-state index < -0.39 is 11.6 Å². The van der Waals surface area contributed by atoms with Crippen LogP contribution in [-0.4, -0.2) is 29.2 Å². The van der Waals surface area contributed by atoms with Crippen molar-refractivity contribution in [2.24, 2.45) is 0 Å². The van der Waals surface area contributed by atoms with E-state index in [1.807, 2.05) is 4.90 Å². The molecule has 0 amide bonds. The molecule has 1 aromatic carbocycles. The lowest BCUT2D eigenvalue weighted by Gasteiger charge is -2.37. The number of halogens is 3. The van der Waals surface area contributed by atoms with E-state index in [0.717, 1.165) is 19.3 Å². The van der Waals surface area contributed by atoms with Gasteiger partial charge in [0.15, 0.2) is 0 Å². The molecule has 1 aliphatic carbocycles. The van der Waals surface area contributed by atoms with E-state index in [0.29, 0.717) is 12.6 Å². The van der Waals surface area contributed by atoms with Crippen LogP contribution >= 0.6 is 15.9 Å². The van der Waals surface area contributed by atoms with E-state index in [4.69, 9.17) is 5.11 Å². The summed E-state index contributed by atoms with van der Waals surface area (Å²) >= 11 is 3.07. The van der Waals surface area contributed by atoms with Crippen LogP contribution in [-0.2, 0) is 6.54 Å². The second-order valence-electron chi connectivity index (χ2n) is 4.60. The SMILES string of the molecule is OCCN(Cc1c(F)ccc(Br)c1F)C1CCC1. The third kappa shape index (κ3) is 2.90. The minimum absolute atomic E-state index is 0.00768. The van der Waals surface area contributed by atoms with Crippen LogP contribution in [0, 0.1) is 11.6 Å². The molecule has 100 valence electrons. The first kappa shape index (κ1) is 13.9. The summed E-state index contributed by atoms with van der Waals surface area (Å²) in [7, 11) is 0. The number of hydrogen-bond donors (Lipinski definition) is 1. The lowest BCUT2D eigenvalue weighted by molar-refractivity contribution is 0.0922. The first-order chi connectivity index (χ1) is 8.63. The molecular weight excluding hydrogens is 304 g/mol. The van der Waals surface area contributed by atoms with Crippen molar-refractivity contribution in [1.29, 1.82) is 0 Å². The molecule has 18 heavy (non-hydrogen) atoms. The smallest absolute Gasteiger partial charge is 0.144 e. The van der Waals surface area contributed by atoms with Crippen molar-refractivity contribution < 1.29 is 13.9 Å². The normalized spacial score (nSPS) is 16.1. The van der Waals surface area contributed by atoms with Crippen molar-refractivity contribution >= 4 is 15.9 Å². The van der Waals surface area contributed by atoms with Gasteiger partial charge in [-0.1, -0.05) is 6.42 Å². The molecule has 0 bridgehead atoms. The molecule has 1 aliphatic rings. The molecule has 0 spiro atoms. The van der Waals surface area contributed by atoms with Crippen LogP contribution < -0.4 is 0 Å². The highest BCUT2D eigenvalue weighted by Gasteiger charge is 2.26. The van der Waals surface area contributed by atoms with Gasteiger partial charge in [-0.05, 0) is 40.9 Å². The van der Waals surface area contributed by atoms with Crippen LogP contribution in [0.2, 0.25) is 0 Å². The van der Waals surface area contributed by atoms with Gasteiger partial charge >= 0.3 is 0 Å². The zero-order valence-electron chi connectivity index (χ0n) is 10.0. The van der Waals surface area contributed by atoms with Gasteiger partial charge in [0.05, 0.1) is 11.1 Å². The third-order valence-corrected chi connectivity index (χ3v) is 4.09. The highest BCUT2D eigenvalue weighted by molar-refractivity contribution is 9.10. The van der Waals surface area contributed by atoms with Gasteiger partial charge in [-0.2, -0.15) is 0 Å². The minimum atomic E-state index is -0.544. The molecule has 5 heteroatoms. The van der Waals surface area contributed by atoms with Crippen molar-refractivity contribution in [2.75, 3.05) is 13.2 Å². The summed E-state index contributed by atoms with van der Waals surface area (Å²) in [6, 6.07) is 2.98. The lowest BCUT2D eigenvalue weighted by Crippen LogP contribution is -2.41. The standard InChI is InChI=1S/C13H16BrF2NO/c14-11-4-5-12(15)10(13(11)16)8-17(6-7-18)9-2-1-3-9/h4-5,9,18H,1-3,6-8H2. The second-order valence-corrected chi connectivity index (χ2v) is 5.45. The van der Waals surface area contributed by atoms with E-state index in [-0.39, 0.29) is 23.2 Å². The summed E-state index contributed by atoms with van der Waals surface area (Å²) in [6.45, 7) is 0.673. The Morgan fingerprint density at radius 2 is 2.06 bits per heavy atom. The molecule has 0 unspecified atom stereocenters. The molecular formula is C13H16BrF2NO. The van der Waals surface area contributed by atoms with Crippen LogP contribution in [0.15, 0.2) is 16.6 Å². The van der Waals surface area contributed by atoms with Gasteiger partial charge in [0, 0.05) is 24.7 Å². The fourth-order valence-electron chi connectivity index (χ4n) is 2.19. The number of hydrogen-bond acceptors (Lipinski definition) is 2. The summed E-state index contributed by atoms with van der Waals surface area (Å²) in [4.78, 5) is 1.96. The first-order valence-corrected chi connectivity index (χ1v) is 6.90. The van der Waals surface area contributed by atoms with Crippen molar-refractivity contribution in [3.8, 4) is 0 Å². The quantitative estimate of drug-likeness (QED) is 0.843. The Kier molecular flexibility index (Phi) is 4.70. The number of aliphatic hydroxyl groups is 1. The highest BCUT2D eigenvalue weighted by Crippen LogP contribution is 2.28. The molecule has 1 saturated carbocycles. The maximum atomic E-state index is 13.9. The Bertz CT molecular complexity index is 424. The Balaban J connectivity index is 2.17. The molecule has 1 N–H and O–H groups in total. The van der Waals surface area contributed by atoms with E-state index in [1.54, 1.807) is 0 Å². The number of nitrogens with zero attached hydrogens (tertiary/aromatic N) is 1. The summed E-state index contributed by atoms with van der Waals surface area (Å²) < 4.78 is 27.8. The van der Waals surface area contributed by atoms with E-state index in [9.17, 15) is 8.78 Å². The number of rotatable bonds is 5.